The van der Waals surface area contributed by atoms with Crippen molar-refractivity contribution in [3.8, 4) is 0 Å². The smallest absolute Gasteiger partial charge is 0.332 e. The molecule has 5 nitrogen and oxygen atoms in total. The first-order valence-electron chi connectivity index (χ1n) is 6.09. The van der Waals surface area contributed by atoms with Crippen LogP contribution in [0.15, 0.2) is 18.2 Å². The third-order valence-electron chi connectivity index (χ3n) is 2.20. The Morgan fingerprint density at radius 2 is 2.28 bits per heavy atom. The molecule has 0 aromatic carbocycles. The van der Waals surface area contributed by atoms with Crippen LogP contribution in [0.3, 0.4) is 0 Å². The minimum atomic E-state index is -0.321. The Morgan fingerprint density at radius 3 is 3.00 bits per heavy atom. The summed E-state index contributed by atoms with van der Waals surface area (Å²) in [7, 11) is 0. The van der Waals surface area contributed by atoms with Crippen LogP contribution in [0.4, 0.5) is 0 Å². The highest BCUT2D eigenvalue weighted by Gasteiger charge is 2.00. The van der Waals surface area contributed by atoms with Crippen LogP contribution in [-0.2, 0) is 20.8 Å². The molecular weight excluding hydrogens is 232 g/mol. The van der Waals surface area contributed by atoms with E-state index in [0.717, 1.165) is 11.4 Å². The number of hydrogen-bond acceptors (Lipinski definition) is 5. The number of nitrogens with one attached hydrogen (secondary N) is 1. The van der Waals surface area contributed by atoms with Crippen LogP contribution in [-0.4, -0.2) is 37.3 Å². The third kappa shape index (κ3) is 6.32. The van der Waals surface area contributed by atoms with E-state index >= 15 is 0 Å². The van der Waals surface area contributed by atoms with Crippen molar-refractivity contribution >= 4 is 5.97 Å². The fourth-order valence-electron chi connectivity index (χ4n) is 1.42. The van der Waals surface area contributed by atoms with Crippen molar-refractivity contribution in [2.75, 3.05) is 26.4 Å². The third-order valence-corrected chi connectivity index (χ3v) is 2.20. The fraction of sp³-hybridized carbons (Fsp3) is 0.538. The fourth-order valence-corrected chi connectivity index (χ4v) is 1.42. The van der Waals surface area contributed by atoms with Crippen molar-refractivity contribution in [3.63, 3.8) is 0 Å². The van der Waals surface area contributed by atoms with Crippen LogP contribution in [0.2, 0.25) is 0 Å². The van der Waals surface area contributed by atoms with Crippen molar-refractivity contribution < 1.29 is 14.3 Å². The summed E-state index contributed by atoms with van der Waals surface area (Å²) in [6.07, 6.45) is 0. The topological polar surface area (TPSA) is 60.5 Å². The van der Waals surface area contributed by atoms with Gasteiger partial charge in [0.1, 0.15) is 6.61 Å². The van der Waals surface area contributed by atoms with Gasteiger partial charge in [-0.2, -0.15) is 0 Å². The molecule has 0 unspecified atom stereocenters. The van der Waals surface area contributed by atoms with Crippen molar-refractivity contribution in [1.82, 2.24) is 10.3 Å². The van der Waals surface area contributed by atoms with Gasteiger partial charge < -0.3 is 14.8 Å². The van der Waals surface area contributed by atoms with Crippen molar-refractivity contribution in [3.05, 3.63) is 29.6 Å². The number of aryl methyl sites for hydroxylation is 1. The minimum Gasteiger partial charge on any atom is -0.464 e. The molecule has 0 aliphatic carbocycles. The van der Waals surface area contributed by atoms with Gasteiger partial charge in [-0.3, -0.25) is 4.98 Å². The van der Waals surface area contributed by atoms with Gasteiger partial charge in [0, 0.05) is 18.8 Å². The SMILES string of the molecule is CCOC(=O)COCCNCc1cccc(C)n1. The molecule has 0 amide bonds. The van der Waals surface area contributed by atoms with Crippen LogP contribution < -0.4 is 5.32 Å². The number of esters is 1. The van der Waals surface area contributed by atoms with Gasteiger partial charge in [0.25, 0.3) is 0 Å². The quantitative estimate of drug-likeness (QED) is 0.554. The number of pyridine rings is 1. The van der Waals surface area contributed by atoms with E-state index in [1.807, 2.05) is 25.1 Å². The highest BCUT2D eigenvalue weighted by molar-refractivity contribution is 5.70. The Kier molecular flexibility index (Phi) is 6.98. The molecule has 0 fully saturated rings. The molecule has 0 aliphatic rings. The van der Waals surface area contributed by atoms with E-state index in [9.17, 15) is 4.79 Å². The predicted octanol–water partition coefficient (Wildman–Crippen LogP) is 1.06. The molecule has 5 heteroatoms. The highest BCUT2D eigenvalue weighted by atomic mass is 16.6. The van der Waals surface area contributed by atoms with Gasteiger partial charge in [0.2, 0.25) is 0 Å². The van der Waals surface area contributed by atoms with E-state index in [0.29, 0.717) is 26.3 Å². The summed E-state index contributed by atoms with van der Waals surface area (Å²) in [5.41, 5.74) is 2.01. The molecule has 100 valence electrons. The number of carbonyl (C=O) groups is 1. The van der Waals surface area contributed by atoms with Crippen LogP contribution in [0.1, 0.15) is 18.3 Å². The number of nitrogens with zero attached hydrogens (tertiary/aromatic N) is 1. The Morgan fingerprint density at radius 1 is 1.44 bits per heavy atom. The molecule has 0 saturated carbocycles. The lowest BCUT2D eigenvalue weighted by Crippen LogP contribution is -2.22. The molecular formula is C13H20N2O3. The molecule has 0 spiro atoms. The second kappa shape index (κ2) is 8.60. The van der Waals surface area contributed by atoms with E-state index in [4.69, 9.17) is 9.47 Å². The summed E-state index contributed by atoms with van der Waals surface area (Å²) in [5, 5.41) is 3.20. The van der Waals surface area contributed by atoms with Gasteiger partial charge in [-0.05, 0) is 26.0 Å². The van der Waals surface area contributed by atoms with Crippen molar-refractivity contribution in [2.45, 2.75) is 20.4 Å². The largest absolute Gasteiger partial charge is 0.464 e. The van der Waals surface area contributed by atoms with Crippen LogP contribution in [0, 0.1) is 6.92 Å². The highest BCUT2D eigenvalue weighted by Crippen LogP contribution is 1.96. The molecule has 0 atom stereocenters. The average molecular weight is 252 g/mol. The van der Waals surface area contributed by atoms with Gasteiger partial charge >= 0.3 is 5.97 Å². The summed E-state index contributed by atoms with van der Waals surface area (Å²) >= 11 is 0. The molecule has 1 heterocycles. The maximum atomic E-state index is 11.0. The Labute approximate surface area is 108 Å². The van der Waals surface area contributed by atoms with Gasteiger partial charge in [0.15, 0.2) is 0 Å². The van der Waals surface area contributed by atoms with Gasteiger partial charge in [-0.15, -0.1) is 0 Å². The normalized spacial score (nSPS) is 10.3. The zero-order valence-electron chi connectivity index (χ0n) is 10.9. The standard InChI is InChI=1S/C13H20N2O3/c1-3-18-13(16)10-17-8-7-14-9-12-6-4-5-11(2)15-12/h4-6,14H,3,7-10H2,1-2H3. The van der Waals surface area contributed by atoms with E-state index in [1.54, 1.807) is 6.92 Å². The molecule has 0 radical (unpaired) electrons. The molecule has 1 aromatic heterocycles. The number of aromatic nitrogens is 1. The molecule has 1 rings (SSSR count). The first-order chi connectivity index (χ1) is 8.72. The van der Waals surface area contributed by atoms with Crippen molar-refractivity contribution in [1.29, 1.82) is 0 Å². The van der Waals surface area contributed by atoms with E-state index < -0.39 is 0 Å². The molecule has 1 N–H and O–H groups in total. The molecule has 0 saturated heterocycles. The van der Waals surface area contributed by atoms with Crippen LogP contribution >= 0.6 is 0 Å². The Hall–Kier alpha value is -1.46. The van der Waals surface area contributed by atoms with Crippen molar-refractivity contribution in [2.24, 2.45) is 0 Å². The first-order valence-corrected chi connectivity index (χ1v) is 6.09. The molecule has 1 aromatic rings. The van der Waals surface area contributed by atoms with E-state index in [-0.39, 0.29) is 12.6 Å². The summed E-state index contributed by atoms with van der Waals surface area (Å²) in [5.74, 6) is -0.321. The maximum absolute atomic E-state index is 11.0. The van der Waals surface area contributed by atoms with Gasteiger partial charge in [-0.1, -0.05) is 6.07 Å². The monoisotopic (exact) mass is 252 g/mol. The van der Waals surface area contributed by atoms with Crippen LogP contribution in [0.25, 0.3) is 0 Å². The first kappa shape index (κ1) is 14.6. The number of carbonyl (C=O) groups excluding carboxylic acids is 1. The summed E-state index contributed by atoms with van der Waals surface area (Å²) in [6, 6.07) is 5.92. The Balaban J connectivity index is 2.04. The lowest BCUT2D eigenvalue weighted by Gasteiger charge is -2.06. The number of ether oxygens (including phenoxy) is 2. The second-order valence-electron chi connectivity index (χ2n) is 3.80. The maximum Gasteiger partial charge on any atom is 0.332 e. The van der Waals surface area contributed by atoms with E-state index in [1.165, 1.54) is 0 Å². The zero-order chi connectivity index (χ0) is 13.2. The van der Waals surface area contributed by atoms with Gasteiger partial charge in [-0.25, -0.2) is 4.79 Å². The zero-order valence-corrected chi connectivity index (χ0v) is 10.9. The molecule has 0 aliphatic heterocycles. The van der Waals surface area contributed by atoms with Crippen LogP contribution in [0.5, 0.6) is 0 Å². The van der Waals surface area contributed by atoms with Gasteiger partial charge in [0.05, 0.1) is 18.9 Å². The summed E-state index contributed by atoms with van der Waals surface area (Å²) in [4.78, 5) is 15.3. The molecule has 18 heavy (non-hydrogen) atoms. The summed E-state index contributed by atoms with van der Waals surface area (Å²) in [6.45, 7) is 5.99. The summed E-state index contributed by atoms with van der Waals surface area (Å²) < 4.78 is 9.89. The predicted molar refractivity (Wildman–Crippen MR) is 68.1 cm³/mol. The Bertz CT molecular complexity index is 369. The number of hydrogen-bond donors (Lipinski definition) is 1. The second-order valence-corrected chi connectivity index (χ2v) is 3.80. The molecule has 0 bridgehead atoms. The van der Waals surface area contributed by atoms with E-state index in [2.05, 4.69) is 10.3 Å². The minimum absolute atomic E-state index is 0.0121. The number of rotatable bonds is 8. The lowest BCUT2D eigenvalue weighted by atomic mass is 10.3. The lowest BCUT2D eigenvalue weighted by molar-refractivity contribution is -0.148. The average Bonchev–Trinajstić information content (AvgIpc) is 2.34.